The Morgan fingerprint density at radius 2 is 1.62 bits per heavy atom. The molecule has 158 valence electrons. The fraction of sp³-hybridized carbons (Fsp3) is 0.368. The van der Waals surface area contributed by atoms with E-state index in [1.165, 1.54) is 24.3 Å². The first-order valence-corrected chi connectivity index (χ1v) is 11.2. The molecule has 5 nitrogen and oxygen atoms in total. The third-order valence-electron chi connectivity index (χ3n) is 4.62. The zero-order valence-electron chi connectivity index (χ0n) is 15.6. The van der Waals surface area contributed by atoms with Gasteiger partial charge >= 0.3 is 5.51 Å². The minimum Gasteiger partial charge on any atom is -0.497 e. The Balaban J connectivity index is 1.57. The van der Waals surface area contributed by atoms with Gasteiger partial charge < -0.3 is 9.64 Å². The zero-order chi connectivity index (χ0) is 21.1. The lowest BCUT2D eigenvalue weighted by atomic mass is 10.1. The highest BCUT2D eigenvalue weighted by Gasteiger charge is 2.30. The number of hydrogen-bond acceptors (Lipinski definition) is 5. The second kappa shape index (κ2) is 8.85. The van der Waals surface area contributed by atoms with Crippen LogP contribution < -0.4 is 14.4 Å². The maximum atomic E-state index is 12.6. The van der Waals surface area contributed by atoms with Crippen molar-refractivity contribution in [3.05, 3.63) is 48.5 Å². The number of hydrogen-bond donors (Lipinski definition) is 1. The van der Waals surface area contributed by atoms with Crippen LogP contribution in [0.5, 0.6) is 5.75 Å². The molecule has 0 bridgehead atoms. The van der Waals surface area contributed by atoms with Crippen LogP contribution in [-0.4, -0.2) is 40.2 Å². The first kappa shape index (κ1) is 21.8. The molecule has 2 aromatic carbocycles. The van der Waals surface area contributed by atoms with Crippen LogP contribution in [0.2, 0.25) is 0 Å². The van der Waals surface area contributed by atoms with Gasteiger partial charge in [-0.05, 0) is 73.1 Å². The average molecular weight is 447 g/mol. The molecule has 0 radical (unpaired) electrons. The lowest BCUT2D eigenvalue weighted by Crippen LogP contribution is -2.44. The minimum atomic E-state index is -4.41. The lowest BCUT2D eigenvalue weighted by molar-refractivity contribution is -0.0328. The Kier molecular flexibility index (Phi) is 6.65. The van der Waals surface area contributed by atoms with Crippen molar-refractivity contribution in [1.82, 2.24) is 4.72 Å². The minimum absolute atomic E-state index is 0.0402. The SMILES string of the molecule is COc1ccc(N2CCC(NS(=O)(=O)c3ccc(SC(F)(F)F)cc3)CC2)cc1. The molecular weight excluding hydrogens is 425 g/mol. The molecule has 1 N–H and O–H groups in total. The van der Waals surface area contributed by atoms with E-state index in [9.17, 15) is 21.6 Å². The molecule has 0 saturated carbocycles. The number of nitrogens with zero attached hydrogens (tertiary/aromatic N) is 1. The number of piperidine rings is 1. The summed E-state index contributed by atoms with van der Waals surface area (Å²) in [6.07, 6.45) is 1.26. The second-order valence-corrected chi connectivity index (χ2v) is 9.45. The van der Waals surface area contributed by atoms with Gasteiger partial charge in [0.1, 0.15) is 5.75 Å². The van der Waals surface area contributed by atoms with Crippen LogP contribution in [0.25, 0.3) is 0 Å². The van der Waals surface area contributed by atoms with Crippen LogP contribution in [0.3, 0.4) is 0 Å². The molecule has 10 heteroatoms. The van der Waals surface area contributed by atoms with Gasteiger partial charge in [0.25, 0.3) is 0 Å². The van der Waals surface area contributed by atoms with Crippen molar-refractivity contribution in [2.45, 2.75) is 34.2 Å². The first-order chi connectivity index (χ1) is 13.7. The van der Waals surface area contributed by atoms with Gasteiger partial charge in [-0.3, -0.25) is 0 Å². The van der Waals surface area contributed by atoms with Crippen molar-refractivity contribution in [3.63, 3.8) is 0 Å². The summed E-state index contributed by atoms with van der Waals surface area (Å²) in [7, 11) is -2.18. The molecular formula is C19H21F3N2O3S2. The van der Waals surface area contributed by atoms with Crippen LogP contribution >= 0.6 is 11.8 Å². The molecule has 0 unspecified atom stereocenters. The van der Waals surface area contributed by atoms with Gasteiger partial charge in [-0.15, -0.1) is 0 Å². The standard InChI is InChI=1S/C19H21F3N2O3S2/c1-27-16-4-2-15(3-5-16)24-12-10-14(11-13-24)23-29(25,26)18-8-6-17(7-9-18)28-19(20,21)22/h2-9,14,23H,10-13H2,1H3. The first-order valence-electron chi connectivity index (χ1n) is 8.93. The van der Waals surface area contributed by atoms with E-state index >= 15 is 0 Å². The monoisotopic (exact) mass is 446 g/mol. The van der Waals surface area contributed by atoms with Crippen molar-refractivity contribution in [1.29, 1.82) is 0 Å². The summed E-state index contributed by atoms with van der Waals surface area (Å²) in [4.78, 5) is 2.08. The quantitative estimate of drug-likeness (QED) is 0.672. The summed E-state index contributed by atoms with van der Waals surface area (Å²) < 4.78 is 70.1. The molecule has 3 rings (SSSR count). The average Bonchev–Trinajstić information content (AvgIpc) is 2.67. The molecule has 29 heavy (non-hydrogen) atoms. The van der Waals surface area contributed by atoms with Crippen LogP contribution in [0.15, 0.2) is 58.3 Å². The predicted molar refractivity (Wildman–Crippen MR) is 107 cm³/mol. The Morgan fingerprint density at radius 3 is 2.14 bits per heavy atom. The normalized spacial score (nSPS) is 16.1. The van der Waals surface area contributed by atoms with E-state index in [1.807, 2.05) is 24.3 Å². The van der Waals surface area contributed by atoms with Crippen molar-refractivity contribution in [2.24, 2.45) is 0 Å². The van der Waals surface area contributed by atoms with Gasteiger partial charge in [-0.25, -0.2) is 13.1 Å². The Hall–Kier alpha value is -1.91. The van der Waals surface area contributed by atoms with E-state index < -0.39 is 15.5 Å². The molecule has 0 aliphatic carbocycles. The van der Waals surface area contributed by atoms with Gasteiger partial charge in [-0.1, -0.05) is 0 Å². The number of rotatable bonds is 6. The molecule has 0 aromatic heterocycles. The second-order valence-electron chi connectivity index (χ2n) is 6.60. The molecule has 1 saturated heterocycles. The van der Waals surface area contributed by atoms with Crippen molar-refractivity contribution in [3.8, 4) is 5.75 Å². The molecule has 1 aliphatic heterocycles. The van der Waals surface area contributed by atoms with Crippen molar-refractivity contribution >= 4 is 27.5 Å². The number of anilines is 1. The highest BCUT2D eigenvalue weighted by atomic mass is 32.2. The van der Waals surface area contributed by atoms with E-state index in [4.69, 9.17) is 4.74 Å². The Morgan fingerprint density at radius 1 is 1.03 bits per heavy atom. The highest BCUT2D eigenvalue weighted by Crippen LogP contribution is 2.37. The summed E-state index contributed by atoms with van der Waals surface area (Å²) in [6, 6.07) is 12.2. The lowest BCUT2D eigenvalue weighted by Gasteiger charge is -2.33. The topological polar surface area (TPSA) is 58.6 Å². The number of sulfonamides is 1. The van der Waals surface area contributed by atoms with Gasteiger partial charge in [0, 0.05) is 29.7 Å². The fourth-order valence-corrected chi connectivity index (χ4v) is 5.00. The highest BCUT2D eigenvalue weighted by molar-refractivity contribution is 8.00. The number of thioether (sulfide) groups is 1. The summed E-state index contributed by atoms with van der Waals surface area (Å²) in [5, 5.41) is 0. The maximum absolute atomic E-state index is 12.6. The smallest absolute Gasteiger partial charge is 0.446 e. The number of methoxy groups -OCH3 is 1. The molecule has 0 atom stereocenters. The largest absolute Gasteiger partial charge is 0.497 e. The van der Waals surface area contributed by atoms with E-state index in [1.54, 1.807) is 7.11 Å². The third-order valence-corrected chi connectivity index (χ3v) is 6.90. The Bertz CT molecular complexity index is 909. The zero-order valence-corrected chi connectivity index (χ0v) is 17.3. The van der Waals surface area contributed by atoms with Crippen LogP contribution in [0.1, 0.15) is 12.8 Å². The molecule has 1 aliphatic rings. The molecule has 0 amide bonds. The van der Waals surface area contributed by atoms with E-state index in [0.29, 0.717) is 25.9 Å². The predicted octanol–water partition coefficient (Wildman–Crippen LogP) is 4.25. The number of nitrogens with one attached hydrogen (secondary N) is 1. The molecule has 1 fully saturated rings. The fourth-order valence-electron chi connectivity index (χ4n) is 3.16. The Labute approximate surface area is 172 Å². The summed E-state index contributed by atoms with van der Waals surface area (Å²) >= 11 is -0.272. The van der Waals surface area contributed by atoms with Crippen molar-refractivity contribution < 1.29 is 26.3 Å². The van der Waals surface area contributed by atoms with Crippen LogP contribution in [0, 0.1) is 0 Å². The summed E-state index contributed by atoms with van der Waals surface area (Å²) in [6.45, 7) is 1.39. The van der Waals surface area contributed by atoms with Crippen LogP contribution in [0.4, 0.5) is 18.9 Å². The van der Waals surface area contributed by atoms with Gasteiger partial charge in [0.2, 0.25) is 10.0 Å². The number of halogens is 3. The van der Waals surface area contributed by atoms with Crippen LogP contribution in [-0.2, 0) is 10.0 Å². The molecule has 2 aromatic rings. The molecule has 0 spiro atoms. The summed E-state index contributed by atoms with van der Waals surface area (Å²) in [5.74, 6) is 0.774. The summed E-state index contributed by atoms with van der Waals surface area (Å²) in [5.41, 5.74) is -3.36. The van der Waals surface area contributed by atoms with Gasteiger partial charge in [0.15, 0.2) is 0 Å². The van der Waals surface area contributed by atoms with E-state index in [2.05, 4.69) is 9.62 Å². The van der Waals surface area contributed by atoms with Gasteiger partial charge in [0.05, 0.1) is 12.0 Å². The number of benzene rings is 2. The third kappa shape index (κ3) is 6.03. The maximum Gasteiger partial charge on any atom is 0.446 e. The molecule has 1 heterocycles. The number of alkyl halides is 3. The number of ether oxygens (including phenoxy) is 1. The van der Waals surface area contributed by atoms with Gasteiger partial charge in [-0.2, -0.15) is 13.2 Å². The van der Waals surface area contributed by atoms with Crippen molar-refractivity contribution in [2.75, 3.05) is 25.1 Å². The van der Waals surface area contributed by atoms with E-state index in [0.717, 1.165) is 11.4 Å². The van der Waals surface area contributed by atoms with E-state index in [-0.39, 0.29) is 27.6 Å².